The minimum absolute atomic E-state index is 0.0454. The van der Waals surface area contributed by atoms with E-state index in [0.717, 1.165) is 40.9 Å². The van der Waals surface area contributed by atoms with Crippen LogP contribution in [0.15, 0.2) is 40.9 Å². The number of ether oxygens (including phenoxy) is 1. The van der Waals surface area contributed by atoms with Crippen molar-refractivity contribution in [3.8, 4) is 0 Å². The summed E-state index contributed by atoms with van der Waals surface area (Å²) in [7, 11) is 3.72. The van der Waals surface area contributed by atoms with Gasteiger partial charge in [-0.05, 0) is 42.8 Å². The van der Waals surface area contributed by atoms with Crippen LogP contribution in [0.25, 0.3) is 0 Å². The Morgan fingerprint density at radius 3 is 2.84 bits per heavy atom. The number of nitrogens with two attached hydrogens (primary N) is 1. The third kappa shape index (κ3) is 4.87. The van der Waals surface area contributed by atoms with Crippen molar-refractivity contribution in [2.24, 2.45) is 5.73 Å². The number of methoxy groups -OCH3 is 1. The van der Waals surface area contributed by atoms with Crippen LogP contribution >= 0.6 is 15.9 Å². The molecule has 1 aliphatic heterocycles. The second-order valence-corrected chi connectivity index (χ2v) is 8.47. The van der Waals surface area contributed by atoms with E-state index in [1.54, 1.807) is 7.11 Å². The topological polar surface area (TPSA) is 118 Å². The van der Waals surface area contributed by atoms with Gasteiger partial charge in [-0.3, -0.25) is 4.79 Å². The summed E-state index contributed by atoms with van der Waals surface area (Å²) >= 11 is 3.68. The van der Waals surface area contributed by atoms with Gasteiger partial charge >= 0.3 is 0 Å². The quantitative estimate of drug-likeness (QED) is 0.454. The summed E-state index contributed by atoms with van der Waals surface area (Å²) in [5, 5.41) is 14.4. The fourth-order valence-electron chi connectivity index (χ4n) is 3.67. The van der Waals surface area contributed by atoms with Gasteiger partial charge in [-0.2, -0.15) is 4.98 Å². The van der Waals surface area contributed by atoms with Gasteiger partial charge in [0.2, 0.25) is 5.95 Å². The number of likely N-dealkylation sites (N-methyl/N-ethyl adjacent to an activating group) is 1. The molecule has 0 atom stereocenters. The van der Waals surface area contributed by atoms with Crippen LogP contribution < -0.4 is 16.4 Å². The summed E-state index contributed by atoms with van der Waals surface area (Å²) in [5.74, 6) is -0.254. The van der Waals surface area contributed by atoms with Crippen molar-refractivity contribution >= 4 is 45.0 Å². The van der Waals surface area contributed by atoms with Crippen molar-refractivity contribution in [2.75, 3.05) is 31.3 Å². The lowest BCUT2D eigenvalue weighted by Gasteiger charge is -2.26. The molecule has 0 aliphatic carbocycles. The number of primary amides is 1. The number of hydrogen-bond donors (Lipinski definition) is 3. The Kier molecular flexibility index (Phi) is 6.63. The molecule has 0 saturated carbocycles. The molecule has 3 aromatic rings. The molecule has 1 amide bonds. The molecule has 0 unspecified atom stereocenters. The van der Waals surface area contributed by atoms with Gasteiger partial charge in [0, 0.05) is 41.6 Å². The number of halogens is 1. The molecule has 0 saturated heterocycles. The van der Waals surface area contributed by atoms with Gasteiger partial charge in [0.15, 0.2) is 11.5 Å². The summed E-state index contributed by atoms with van der Waals surface area (Å²) in [6, 6.07) is 11.7. The van der Waals surface area contributed by atoms with E-state index in [0.29, 0.717) is 6.61 Å². The number of para-hydroxylation sites is 1. The molecule has 4 rings (SSSR count). The second-order valence-electron chi connectivity index (χ2n) is 7.62. The molecule has 10 heteroatoms. The Morgan fingerprint density at radius 2 is 2.06 bits per heavy atom. The van der Waals surface area contributed by atoms with Crippen molar-refractivity contribution < 1.29 is 9.53 Å². The summed E-state index contributed by atoms with van der Waals surface area (Å²) in [6.07, 6.45) is 0.993. The smallest absolute Gasteiger partial charge is 0.273 e. The number of rotatable bonds is 7. The van der Waals surface area contributed by atoms with E-state index in [-0.39, 0.29) is 17.5 Å². The first-order valence-corrected chi connectivity index (χ1v) is 10.9. The molecule has 1 aliphatic rings. The van der Waals surface area contributed by atoms with Crippen molar-refractivity contribution in [1.29, 1.82) is 0 Å². The number of aromatic nitrogens is 3. The number of benzene rings is 2. The van der Waals surface area contributed by atoms with Crippen LogP contribution in [-0.2, 0) is 24.3 Å². The van der Waals surface area contributed by atoms with Crippen molar-refractivity contribution in [2.45, 2.75) is 19.6 Å². The number of nitrogens with one attached hydrogen (secondary N) is 2. The summed E-state index contributed by atoms with van der Waals surface area (Å²) in [5.41, 5.74) is 10.5. The lowest BCUT2D eigenvalue weighted by Crippen LogP contribution is -2.26. The third-order valence-corrected chi connectivity index (χ3v) is 5.93. The molecule has 0 bridgehead atoms. The lowest BCUT2D eigenvalue weighted by atomic mass is 9.99. The van der Waals surface area contributed by atoms with Crippen molar-refractivity contribution in [3.05, 3.63) is 63.3 Å². The van der Waals surface area contributed by atoms with Gasteiger partial charge < -0.3 is 26.0 Å². The third-order valence-electron chi connectivity index (χ3n) is 5.22. The summed E-state index contributed by atoms with van der Waals surface area (Å²) in [6.45, 7) is 2.29. The van der Waals surface area contributed by atoms with E-state index in [4.69, 9.17) is 10.5 Å². The Morgan fingerprint density at radius 1 is 1.25 bits per heavy atom. The van der Waals surface area contributed by atoms with E-state index in [9.17, 15) is 4.79 Å². The summed E-state index contributed by atoms with van der Waals surface area (Å²) in [4.78, 5) is 18.7. The molecule has 1 aromatic heterocycles. The molecule has 166 valence electrons. The van der Waals surface area contributed by atoms with E-state index in [2.05, 4.69) is 59.8 Å². The van der Waals surface area contributed by atoms with E-state index < -0.39 is 5.91 Å². The first kappa shape index (κ1) is 22.1. The molecule has 2 aromatic carbocycles. The van der Waals surface area contributed by atoms with Gasteiger partial charge in [-0.1, -0.05) is 34.1 Å². The van der Waals surface area contributed by atoms with Crippen molar-refractivity contribution in [1.82, 2.24) is 20.1 Å². The largest absolute Gasteiger partial charge is 0.380 e. The average molecular weight is 498 g/mol. The first-order valence-electron chi connectivity index (χ1n) is 10.1. The number of carbonyl (C=O) groups is 1. The maximum absolute atomic E-state index is 11.9. The van der Waals surface area contributed by atoms with Gasteiger partial charge in [0.05, 0.1) is 6.61 Å². The normalized spacial score (nSPS) is 13.5. The highest BCUT2D eigenvalue weighted by molar-refractivity contribution is 9.10. The predicted molar refractivity (Wildman–Crippen MR) is 126 cm³/mol. The predicted octanol–water partition coefficient (Wildman–Crippen LogP) is 3.35. The van der Waals surface area contributed by atoms with Gasteiger partial charge in [0.25, 0.3) is 5.91 Å². The highest BCUT2D eigenvalue weighted by Gasteiger charge is 2.19. The minimum Gasteiger partial charge on any atom is -0.380 e. The van der Waals surface area contributed by atoms with E-state index in [1.165, 1.54) is 11.1 Å². The van der Waals surface area contributed by atoms with Gasteiger partial charge in [0.1, 0.15) is 0 Å². The molecule has 4 N–H and O–H groups in total. The van der Waals surface area contributed by atoms with Crippen LogP contribution in [0.2, 0.25) is 0 Å². The molecule has 2 heterocycles. The minimum atomic E-state index is -0.720. The zero-order chi connectivity index (χ0) is 22.7. The van der Waals surface area contributed by atoms with Crippen LogP contribution in [0.4, 0.5) is 23.1 Å². The second kappa shape index (κ2) is 9.60. The Hall–Kier alpha value is -3.08. The zero-order valence-electron chi connectivity index (χ0n) is 17.9. The molecule has 9 nitrogen and oxygen atoms in total. The Labute approximate surface area is 194 Å². The standard InChI is InChI=1S/C22H24BrN7O2/c1-30-8-7-16-14(11-30)9-15(10-17(16)23)25-22-27-21(19(20(24)31)28-29-22)26-18-6-4-3-5-13(18)12-32-2/h3-6,9-10H,7-8,11-12H2,1-2H3,(H2,24,31)(H2,25,26,27,29). The molecule has 0 radical (unpaired) electrons. The summed E-state index contributed by atoms with van der Waals surface area (Å²) < 4.78 is 6.29. The first-order chi connectivity index (χ1) is 15.4. The molecule has 0 spiro atoms. The van der Waals surface area contributed by atoms with E-state index in [1.807, 2.05) is 30.3 Å². The van der Waals surface area contributed by atoms with Crippen LogP contribution in [0.1, 0.15) is 27.2 Å². The maximum Gasteiger partial charge on any atom is 0.273 e. The number of fused-ring (bicyclic) bond motifs is 1. The zero-order valence-corrected chi connectivity index (χ0v) is 19.4. The number of anilines is 4. The Bertz CT molecular complexity index is 1160. The average Bonchev–Trinajstić information content (AvgIpc) is 2.75. The van der Waals surface area contributed by atoms with Gasteiger partial charge in [-0.15, -0.1) is 10.2 Å². The van der Waals surface area contributed by atoms with Crippen LogP contribution in [-0.4, -0.2) is 46.7 Å². The van der Waals surface area contributed by atoms with Crippen LogP contribution in [0.5, 0.6) is 0 Å². The molecule has 0 fully saturated rings. The molecule has 32 heavy (non-hydrogen) atoms. The Balaban J connectivity index is 1.65. The van der Waals surface area contributed by atoms with Crippen LogP contribution in [0, 0.1) is 0 Å². The number of carbonyl (C=O) groups excluding carboxylic acids is 1. The van der Waals surface area contributed by atoms with Crippen LogP contribution in [0.3, 0.4) is 0 Å². The highest BCUT2D eigenvalue weighted by atomic mass is 79.9. The monoisotopic (exact) mass is 497 g/mol. The number of nitrogens with zero attached hydrogens (tertiary/aromatic N) is 4. The van der Waals surface area contributed by atoms with E-state index >= 15 is 0 Å². The fraction of sp³-hybridized carbons (Fsp3) is 0.273. The maximum atomic E-state index is 11.9. The van der Waals surface area contributed by atoms with Gasteiger partial charge in [-0.25, -0.2) is 0 Å². The SMILES string of the molecule is COCc1ccccc1Nc1nc(Nc2cc(Br)c3c(c2)CN(C)CC3)nnc1C(N)=O. The molecular weight excluding hydrogens is 474 g/mol. The number of hydrogen-bond acceptors (Lipinski definition) is 8. The van der Waals surface area contributed by atoms with Crippen molar-refractivity contribution in [3.63, 3.8) is 0 Å². The molecular formula is C22H24BrN7O2. The lowest BCUT2D eigenvalue weighted by molar-refractivity contribution is 0.0995. The number of amides is 1. The highest BCUT2D eigenvalue weighted by Crippen LogP contribution is 2.31. The fourth-order valence-corrected chi connectivity index (χ4v) is 4.37.